The molecule has 1 atom stereocenters. The van der Waals surface area contributed by atoms with Gasteiger partial charge < -0.3 is 4.74 Å². The zero-order valence-electron chi connectivity index (χ0n) is 12.8. The number of hydrogen-bond acceptors (Lipinski definition) is 4. The fourth-order valence-corrected chi connectivity index (χ4v) is 4.41. The van der Waals surface area contributed by atoms with E-state index in [0.717, 1.165) is 11.1 Å². The molecule has 0 unspecified atom stereocenters. The maximum Gasteiger partial charge on any atom is 0.264 e. The number of anilines is 1. The van der Waals surface area contributed by atoms with Crippen LogP contribution in [0.2, 0.25) is 0 Å². The molecule has 0 spiro atoms. The third-order valence-corrected chi connectivity index (χ3v) is 5.59. The van der Waals surface area contributed by atoms with Crippen LogP contribution in [0, 0.1) is 13.8 Å². The van der Waals surface area contributed by atoms with Gasteiger partial charge in [0.15, 0.2) is 0 Å². The average Bonchev–Trinajstić information content (AvgIpc) is 2.45. The van der Waals surface area contributed by atoms with Crippen molar-refractivity contribution in [3.63, 3.8) is 0 Å². The number of sulfonamides is 1. The van der Waals surface area contributed by atoms with Crippen molar-refractivity contribution < 1.29 is 13.2 Å². The van der Waals surface area contributed by atoms with Crippen molar-refractivity contribution >= 4 is 15.7 Å². The van der Waals surface area contributed by atoms with E-state index in [0.29, 0.717) is 16.5 Å². The van der Waals surface area contributed by atoms with Crippen LogP contribution in [0.5, 0.6) is 5.88 Å². The second-order valence-corrected chi connectivity index (χ2v) is 7.39. The van der Waals surface area contributed by atoms with E-state index in [1.807, 2.05) is 32.9 Å². The number of pyridine rings is 1. The van der Waals surface area contributed by atoms with E-state index in [2.05, 4.69) is 4.98 Å². The van der Waals surface area contributed by atoms with Crippen molar-refractivity contribution in [3.8, 4) is 5.88 Å². The number of hydrogen-bond donors (Lipinski definition) is 0. The lowest BCUT2D eigenvalue weighted by Gasteiger charge is -2.33. The molecule has 116 valence electrons. The average molecular weight is 318 g/mol. The Morgan fingerprint density at radius 1 is 1.27 bits per heavy atom. The van der Waals surface area contributed by atoms with Crippen LogP contribution < -0.4 is 9.04 Å². The summed E-state index contributed by atoms with van der Waals surface area (Å²) < 4.78 is 33.2. The number of nitrogens with zero attached hydrogens (tertiary/aromatic N) is 2. The number of ether oxygens (including phenoxy) is 1. The summed E-state index contributed by atoms with van der Waals surface area (Å²) in [5.41, 5.74) is 2.26. The van der Waals surface area contributed by atoms with Crippen molar-refractivity contribution in [1.82, 2.24) is 4.98 Å². The number of aromatic nitrogens is 1. The standard InChI is InChI=1S/C16H18N2O3S/c1-11-6-7-15(12(2)9-11)22(19,20)18-10-13(3)21-16-14(18)5-4-8-17-16/h4-9,13H,10H2,1-3H3/t13-/m0/s1. The second-order valence-electron chi connectivity index (χ2n) is 5.56. The summed E-state index contributed by atoms with van der Waals surface area (Å²) in [6.45, 7) is 5.86. The zero-order chi connectivity index (χ0) is 15.9. The monoisotopic (exact) mass is 318 g/mol. The minimum Gasteiger partial charge on any atom is -0.471 e. The van der Waals surface area contributed by atoms with Crippen LogP contribution in [0.4, 0.5) is 5.69 Å². The molecule has 1 aromatic heterocycles. The first-order valence-corrected chi connectivity index (χ1v) is 8.55. The van der Waals surface area contributed by atoms with Crippen LogP contribution in [-0.2, 0) is 10.0 Å². The van der Waals surface area contributed by atoms with Gasteiger partial charge in [0.2, 0.25) is 5.88 Å². The molecule has 5 nitrogen and oxygen atoms in total. The van der Waals surface area contributed by atoms with Crippen LogP contribution in [0.3, 0.4) is 0 Å². The summed E-state index contributed by atoms with van der Waals surface area (Å²) in [6, 6.07) is 8.78. The first kappa shape index (κ1) is 14.8. The topological polar surface area (TPSA) is 59.5 Å². The Morgan fingerprint density at radius 2 is 2.05 bits per heavy atom. The molecule has 1 aliphatic rings. The fraction of sp³-hybridized carbons (Fsp3) is 0.312. The van der Waals surface area contributed by atoms with E-state index in [9.17, 15) is 8.42 Å². The van der Waals surface area contributed by atoms with Crippen LogP contribution >= 0.6 is 0 Å². The third-order valence-electron chi connectivity index (χ3n) is 3.65. The van der Waals surface area contributed by atoms with E-state index in [1.165, 1.54) is 4.31 Å². The highest BCUT2D eigenvalue weighted by atomic mass is 32.2. The molecule has 22 heavy (non-hydrogen) atoms. The molecule has 1 aromatic carbocycles. The van der Waals surface area contributed by atoms with Gasteiger partial charge in [0.1, 0.15) is 11.8 Å². The van der Waals surface area contributed by atoms with Crippen molar-refractivity contribution in [2.45, 2.75) is 31.8 Å². The molecular formula is C16H18N2O3S. The highest BCUT2D eigenvalue weighted by Crippen LogP contribution is 2.35. The number of benzene rings is 1. The van der Waals surface area contributed by atoms with Gasteiger partial charge in [0, 0.05) is 6.20 Å². The minimum atomic E-state index is -3.64. The van der Waals surface area contributed by atoms with Gasteiger partial charge in [-0.15, -0.1) is 0 Å². The highest BCUT2D eigenvalue weighted by molar-refractivity contribution is 7.92. The third kappa shape index (κ3) is 2.43. The molecule has 0 bridgehead atoms. The van der Waals surface area contributed by atoms with E-state index in [1.54, 1.807) is 24.4 Å². The molecule has 0 fully saturated rings. The van der Waals surface area contributed by atoms with Crippen molar-refractivity contribution in [3.05, 3.63) is 47.7 Å². The Labute approximate surface area is 130 Å². The second kappa shape index (κ2) is 5.28. The Morgan fingerprint density at radius 3 is 2.77 bits per heavy atom. The zero-order valence-corrected chi connectivity index (χ0v) is 13.6. The molecule has 0 aliphatic carbocycles. The van der Waals surface area contributed by atoms with Crippen LogP contribution in [0.25, 0.3) is 0 Å². The molecule has 1 aliphatic heterocycles. The Bertz CT molecular complexity index is 818. The molecular weight excluding hydrogens is 300 g/mol. The normalized spacial score (nSPS) is 17.8. The molecule has 3 rings (SSSR count). The molecule has 2 heterocycles. The van der Waals surface area contributed by atoms with E-state index in [4.69, 9.17) is 4.74 Å². The lowest BCUT2D eigenvalue weighted by atomic mass is 10.2. The number of fused-ring (bicyclic) bond motifs is 1. The fourth-order valence-electron chi connectivity index (χ4n) is 2.66. The summed E-state index contributed by atoms with van der Waals surface area (Å²) >= 11 is 0. The predicted octanol–water partition coefficient (Wildman–Crippen LogP) is 2.67. The SMILES string of the molecule is Cc1ccc(S(=O)(=O)N2C[C@H](C)Oc3ncccc32)c(C)c1. The highest BCUT2D eigenvalue weighted by Gasteiger charge is 2.34. The van der Waals surface area contributed by atoms with Crippen molar-refractivity contribution in [2.24, 2.45) is 0 Å². The van der Waals surface area contributed by atoms with Gasteiger partial charge in [-0.2, -0.15) is 0 Å². The first-order valence-electron chi connectivity index (χ1n) is 7.11. The maximum atomic E-state index is 13.1. The molecule has 0 radical (unpaired) electrons. The Balaban J connectivity index is 2.13. The largest absolute Gasteiger partial charge is 0.471 e. The molecule has 0 saturated carbocycles. The predicted molar refractivity (Wildman–Crippen MR) is 84.8 cm³/mol. The van der Waals surface area contributed by atoms with Crippen molar-refractivity contribution in [2.75, 3.05) is 10.8 Å². The summed E-state index contributed by atoms with van der Waals surface area (Å²) in [5, 5.41) is 0. The van der Waals surface area contributed by atoms with E-state index >= 15 is 0 Å². The summed E-state index contributed by atoms with van der Waals surface area (Å²) in [6.07, 6.45) is 1.35. The molecule has 0 amide bonds. The Hall–Kier alpha value is -2.08. The molecule has 0 saturated heterocycles. The van der Waals surface area contributed by atoms with Gasteiger partial charge >= 0.3 is 0 Å². The van der Waals surface area contributed by atoms with Crippen LogP contribution in [0.15, 0.2) is 41.4 Å². The maximum absolute atomic E-state index is 13.1. The summed E-state index contributed by atoms with van der Waals surface area (Å²) in [7, 11) is -3.64. The smallest absolute Gasteiger partial charge is 0.264 e. The molecule has 2 aromatic rings. The summed E-state index contributed by atoms with van der Waals surface area (Å²) in [5.74, 6) is 0.356. The molecule has 6 heteroatoms. The van der Waals surface area contributed by atoms with Gasteiger partial charge in [0.25, 0.3) is 10.0 Å². The minimum absolute atomic E-state index is 0.247. The van der Waals surface area contributed by atoms with Gasteiger partial charge in [0.05, 0.1) is 11.4 Å². The summed E-state index contributed by atoms with van der Waals surface area (Å²) in [4.78, 5) is 4.46. The quantitative estimate of drug-likeness (QED) is 0.854. The number of aryl methyl sites for hydroxylation is 2. The van der Waals surface area contributed by atoms with Gasteiger partial charge in [-0.05, 0) is 44.5 Å². The van der Waals surface area contributed by atoms with E-state index < -0.39 is 10.0 Å². The van der Waals surface area contributed by atoms with Crippen LogP contribution in [0.1, 0.15) is 18.1 Å². The lowest BCUT2D eigenvalue weighted by molar-refractivity contribution is 0.210. The van der Waals surface area contributed by atoms with E-state index in [-0.39, 0.29) is 12.6 Å². The van der Waals surface area contributed by atoms with Gasteiger partial charge in [-0.1, -0.05) is 17.7 Å². The Kier molecular flexibility index (Phi) is 3.56. The van der Waals surface area contributed by atoms with Gasteiger partial charge in [-0.3, -0.25) is 4.31 Å². The first-order chi connectivity index (χ1) is 10.4. The molecule has 0 N–H and O–H groups in total. The van der Waals surface area contributed by atoms with Crippen LogP contribution in [-0.4, -0.2) is 26.1 Å². The van der Waals surface area contributed by atoms with Gasteiger partial charge in [-0.25, -0.2) is 13.4 Å². The number of rotatable bonds is 2. The lowest BCUT2D eigenvalue weighted by Crippen LogP contribution is -2.42. The van der Waals surface area contributed by atoms with Crippen molar-refractivity contribution in [1.29, 1.82) is 0 Å².